The molecule has 0 radical (unpaired) electrons. The molecule has 3 amide bonds. The van der Waals surface area contributed by atoms with Gasteiger partial charge in [0.05, 0.1) is 12.0 Å². The Balaban J connectivity index is 1.31. The van der Waals surface area contributed by atoms with E-state index >= 15 is 0 Å². The van der Waals surface area contributed by atoms with Crippen LogP contribution in [0.2, 0.25) is 0 Å². The maximum Gasteiger partial charge on any atom is 0.307 e. The minimum Gasteiger partial charge on any atom is -0.484 e. The number of aryl methyl sites for hydroxylation is 2. The summed E-state index contributed by atoms with van der Waals surface area (Å²) in [5, 5.41) is 18.9. The van der Waals surface area contributed by atoms with Crippen LogP contribution < -0.4 is 20.7 Å². The smallest absolute Gasteiger partial charge is 0.307 e. The Hall–Kier alpha value is -6.55. The fourth-order valence-corrected chi connectivity index (χ4v) is 7.17. The Morgan fingerprint density at radius 2 is 1.14 bits per heavy atom. The number of fused-ring (bicyclic) bond motifs is 16. The van der Waals surface area contributed by atoms with E-state index in [4.69, 9.17) is 4.74 Å². The second kappa shape index (κ2) is 20.6. The van der Waals surface area contributed by atoms with Crippen LogP contribution in [0.4, 0.5) is 0 Å². The maximum atomic E-state index is 14.4. The van der Waals surface area contributed by atoms with E-state index in [-0.39, 0.29) is 38.7 Å². The predicted molar refractivity (Wildman–Crippen MR) is 222 cm³/mol. The molecule has 4 N–H and O–H groups in total. The first kappa shape index (κ1) is 41.1. The quantitative estimate of drug-likeness (QED) is 0.115. The summed E-state index contributed by atoms with van der Waals surface area (Å²) in [7, 11) is 0. The Morgan fingerprint density at radius 3 is 1.78 bits per heavy atom. The number of hydrogen-bond acceptors (Lipinski definition) is 6. The van der Waals surface area contributed by atoms with Gasteiger partial charge in [0.1, 0.15) is 17.8 Å². The van der Waals surface area contributed by atoms with Crippen molar-refractivity contribution >= 4 is 29.5 Å². The number of aliphatic carboxylic acids is 1. The maximum absolute atomic E-state index is 14.4. The zero-order chi connectivity index (χ0) is 40.7. The fraction of sp³-hybridized carbons (Fsp3) is 0.271. The van der Waals surface area contributed by atoms with Crippen LogP contribution in [0.3, 0.4) is 0 Å². The van der Waals surface area contributed by atoms with Gasteiger partial charge in [0.2, 0.25) is 11.8 Å². The molecule has 7 rings (SSSR count). The van der Waals surface area contributed by atoms with Crippen molar-refractivity contribution in [1.29, 1.82) is 0 Å². The SMILES string of the molecule is O=C1COc2ccc(cc2)C[C@@H](C(=O)O)CC(=O)[C@H](CCc2ccccc2)NC(=O)[C@@H](Cc2ccc(-c3ccccc3)cc2)NC(=O)[C@H](CCCc2ccccc2)N1. The number of nitrogens with one attached hydrogen (secondary N) is 3. The molecule has 0 fully saturated rings. The van der Waals surface area contributed by atoms with Crippen LogP contribution >= 0.6 is 0 Å². The molecule has 2 bridgehead atoms. The van der Waals surface area contributed by atoms with Crippen LogP contribution in [0.15, 0.2) is 140 Å². The third-order valence-electron chi connectivity index (χ3n) is 10.4. The van der Waals surface area contributed by atoms with Gasteiger partial charge in [-0.3, -0.25) is 24.0 Å². The lowest BCUT2D eigenvalue weighted by Gasteiger charge is -2.26. The Kier molecular flexibility index (Phi) is 14.6. The zero-order valence-electron chi connectivity index (χ0n) is 32.3. The molecule has 0 saturated carbocycles. The average molecular weight is 780 g/mol. The zero-order valence-corrected chi connectivity index (χ0v) is 32.3. The minimum atomic E-state index is -1.14. The number of Topliss-reactive ketones (excluding diaryl/α,β-unsaturated/α-hetero) is 1. The number of ether oxygens (including phenoxy) is 1. The molecule has 4 atom stereocenters. The summed E-state index contributed by atoms with van der Waals surface area (Å²) in [5.41, 5.74) is 5.49. The van der Waals surface area contributed by atoms with Gasteiger partial charge in [-0.25, -0.2) is 0 Å². The molecule has 10 heteroatoms. The molecule has 0 saturated heterocycles. The number of carboxylic acid groups (broad SMARTS) is 1. The van der Waals surface area contributed by atoms with Crippen LogP contribution in [0.1, 0.15) is 47.9 Å². The molecule has 2 heterocycles. The standard InChI is InChI=1S/C48H49N3O7/c52-44-31-39(48(56)57)29-35-21-26-40(27-22-35)58-32-45(53)49-42(18-10-15-33-11-4-1-5-12-33)46(54)51-43(47(55)50-41(44)28-23-34-13-6-2-7-14-34)30-36-19-24-38(25-20-36)37-16-8-3-9-17-37/h1-9,11-14,16-17,19-22,24-27,39,41-43H,10,15,18,23,28-32H2,(H,49,53)(H,50,55)(H,51,54)(H,56,57)/t39-,41+,42+,43-/m1/s1. The average Bonchev–Trinajstić information content (AvgIpc) is 3.24. The Bertz CT molecular complexity index is 2130. The van der Waals surface area contributed by atoms with E-state index in [0.29, 0.717) is 30.6 Å². The van der Waals surface area contributed by atoms with E-state index in [1.54, 1.807) is 24.3 Å². The molecular formula is C48H49N3O7. The highest BCUT2D eigenvalue weighted by atomic mass is 16.5. The van der Waals surface area contributed by atoms with Crippen molar-refractivity contribution in [2.24, 2.45) is 5.92 Å². The Morgan fingerprint density at radius 1 is 0.569 bits per heavy atom. The Labute approximate surface area is 339 Å². The van der Waals surface area contributed by atoms with Crippen molar-refractivity contribution in [3.8, 4) is 16.9 Å². The topological polar surface area (TPSA) is 151 Å². The molecule has 10 nitrogen and oxygen atoms in total. The minimum absolute atomic E-state index is 0.0729. The highest BCUT2D eigenvalue weighted by molar-refractivity contribution is 5.95. The largest absolute Gasteiger partial charge is 0.484 e. The highest BCUT2D eigenvalue weighted by Gasteiger charge is 2.32. The van der Waals surface area contributed by atoms with Crippen molar-refractivity contribution in [3.63, 3.8) is 0 Å². The van der Waals surface area contributed by atoms with Gasteiger partial charge >= 0.3 is 5.97 Å². The molecule has 0 spiro atoms. The van der Waals surface area contributed by atoms with Gasteiger partial charge in [0.25, 0.3) is 5.91 Å². The van der Waals surface area contributed by atoms with Gasteiger partial charge in [0, 0.05) is 12.8 Å². The van der Waals surface area contributed by atoms with Gasteiger partial charge in [-0.1, -0.05) is 127 Å². The third-order valence-corrected chi connectivity index (χ3v) is 10.4. The molecular weight excluding hydrogens is 731 g/mol. The molecule has 5 aromatic carbocycles. The van der Waals surface area contributed by atoms with Crippen molar-refractivity contribution < 1.29 is 33.8 Å². The predicted octanol–water partition coefficient (Wildman–Crippen LogP) is 6.30. The van der Waals surface area contributed by atoms with Crippen LogP contribution in [0, 0.1) is 5.92 Å². The number of hydrogen-bond donors (Lipinski definition) is 4. The number of rotatable bonds is 11. The fourth-order valence-electron chi connectivity index (χ4n) is 7.17. The van der Waals surface area contributed by atoms with Crippen LogP contribution in [0.25, 0.3) is 11.1 Å². The molecule has 2 aliphatic rings. The van der Waals surface area contributed by atoms with Crippen LogP contribution in [-0.2, 0) is 49.7 Å². The van der Waals surface area contributed by atoms with Crippen LogP contribution in [0.5, 0.6) is 5.75 Å². The number of ketones is 1. The van der Waals surface area contributed by atoms with E-state index in [1.807, 2.05) is 115 Å². The third kappa shape index (κ3) is 12.2. The summed E-state index contributed by atoms with van der Waals surface area (Å²) in [5.74, 6) is -3.88. The van der Waals surface area contributed by atoms with E-state index in [9.17, 15) is 29.1 Å². The molecule has 0 unspecified atom stereocenters. The van der Waals surface area contributed by atoms with Crippen LogP contribution in [-0.4, -0.2) is 59.3 Å². The first-order valence-corrected chi connectivity index (χ1v) is 19.8. The number of carboxylic acids is 1. The molecule has 2 aliphatic heterocycles. The van der Waals surface area contributed by atoms with E-state index in [2.05, 4.69) is 16.0 Å². The first-order chi connectivity index (χ1) is 28.2. The molecule has 0 aromatic heterocycles. The second-order valence-corrected chi connectivity index (χ2v) is 14.8. The van der Waals surface area contributed by atoms with Gasteiger partial charge in [-0.15, -0.1) is 0 Å². The van der Waals surface area contributed by atoms with Crippen molar-refractivity contribution in [2.75, 3.05) is 6.61 Å². The van der Waals surface area contributed by atoms with Crippen molar-refractivity contribution in [3.05, 3.63) is 162 Å². The highest BCUT2D eigenvalue weighted by Crippen LogP contribution is 2.22. The van der Waals surface area contributed by atoms with Crippen molar-refractivity contribution in [2.45, 2.75) is 69.5 Å². The van der Waals surface area contributed by atoms with Gasteiger partial charge in [-0.2, -0.15) is 0 Å². The normalized spacial score (nSPS) is 19.4. The van der Waals surface area contributed by atoms with E-state index in [0.717, 1.165) is 27.8 Å². The summed E-state index contributed by atoms with van der Waals surface area (Å²) < 4.78 is 5.74. The van der Waals surface area contributed by atoms with Gasteiger partial charge in [0.15, 0.2) is 12.4 Å². The van der Waals surface area contributed by atoms with Gasteiger partial charge < -0.3 is 25.8 Å². The molecule has 58 heavy (non-hydrogen) atoms. The summed E-state index contributed by atoms with van der Waals surface area (Å²) in [6.45, 7) is -0.366. The summed E-state index contributed by atoms with van der Waals surface area (Å²) in [4.78, 5) is 68.5. The lowest BCUT2D eigenvalue weighted by Crippen LogP contribution is -2.57. The molecule has 298 valence electrons. The van der Waals surface area contributed by atoms with Gasteiger partial charge in [-0.05, 0) is 84.0 Å². The molecule has 0 aliphatic carbocycles. The number of carbonyl (C=O) groups is 5. The first-order valence-electron chi connectivity index (χ1n) is 19.8. The number of amides is 3. The van der Waals surface area contributed by atoms with E-state index < -0.39 is 53.5 Å². The van der Waals surface area contributed by atoms with E-state index in [1.165, 1.54) is 0 Å². The van der Waals surface area contributed by atoms with Crippen molar-refractivity contribution in [1.82, 2.24) is 16.0 Å². The molecule has 5 aromatic rings. The summed E-state index contributed by atoms with van der Waals surface area (Å²) >= 11 is 0. The number of carbonyl (C=O) groups excluding carboxylic acids is 4. The summed E-state index contributed by atoms with van der Waals surface area (Å²) in [6, 6.07) is 40.4. The second-order valence-electron chi connectivity index (χ2n) is 14.8. The summed E-state index contributed by atoms with van der Waals surface area (Å²) in [6.07, 6.45) is 2.05. The monoisotopic (exact) mass is 779 g/mol. The lowest BCUT2D eigenvalue weighted by atomic mass is 9.90. The lowest BCUT2D eigenvalue weighted by molar-refractivity contribution is -0.144. The number of benzene rings is 5.